The molecule has 0 aromatic heterocycles. The van der Waals surface area contributed by atoms with E-state index in [1.807, 2.05) is 0 Å². The molecule has 4 nitrogen and oxygen atoms in total. The van der Waals surface area contributed by atoms with E-state index in [0.717, 1.165) is 45.6 Å². The van der Waals surface area contributed by atoms with E-state index in [4.69, 9.17) is 5.73 Å². The minimum atomic E-state index is 0.0601. The molecule has 1 saturated carbocycles. The largest absolute Gasteiger partial charge is 0.340 e. The SMILES string of the molecule is CC(C)CN1CCN(C(=O)C2CCCC(C)C2N)CC1. The quantitative estimate of drug-likeness (QED) is 0.854. The van der Waals surface area contributed by atoms with Crippen LogP contribution in [0.2, 0.25) is 0 Å². The van der Waals surface area contributed by atoms with Crippen LogP contribution >= 0.6 is 0 Å². The lowest BCUT2D eigenvalue weighted by Gasteiger charge is -2.40. The van der Waals surface area contributed by atoms with Crippen LogP contribution in [0.25, 0.3) is 0 Å². The predicted octanol–water partition coefficient (Wildman–Crippen LogP) is 1.55. The van der Waals surface area contributed by atoms with E-state index in [1.54, 1.807) is 0 Å². The van der Waals surface area contributed by atoms with Crippen LogP contribution in [0.15, 0.2) is 0 Å². The minimum Gasteiger partial charge on any atom is -0.340 e. The maximum absolute atomic E-state index is 12.7. The van der Waals surface area contributed by atoms with Crippen LogP contribution in [0.5, 0.6) is 0 Å². The highest BCUT2D eigenvalue weighted by molar-refractivity contribution is 5.79. The molecule has 4 heteroatoms. The molecule has 3 atom stereocenters. The summed E-state index contributed by atoms with van der Waals surface area (Å²) in [5, 5.41) is 0. The first kappa shape index (κ1) is 15.8. The fraction of sp³-hybridized carbons (Fsp3) is 0.938. The molecule has 2 rings (SSSR count). The lowest BCUT2D eigenvalue weighted by Crippen LogP contribution is -2.54. The topological polar surface area (TPSA) is 49.6 Å². The summed E-state index contributed by atoms with van der Waals surface area (Å²) >= 11 is 0. The summed E-state index contributed by atoms with van der Waals surface area (Å²) in [7, 11) is 0. The Balaban J connectivity index is 1.85. The maximum Gasteiger partial charge on any atom is 0.227 e. The zero-order chi connectivity index (χ0) is 14.7. The molecule has 1 amide bonds. The highest BCUT2D eigenvalue weighted by Gasteiger charge is 2.36. The van der Waals surface area contributed by atoms with Crippen molar-refractivity contribution in [1.29, 1.82) is 0 Å². The second-order valence-corrected chi connectivity index (χ2v) is 7.11. The fourth-order valence-corrected chi connectivity index (χ4v) is 3.63. The van der Waals surface area contributed by atoms with Crippen LogP contribution < -0.4 is 5.73 Å². The second-order valence-electron chi connectivity index (χ2n) is 7.11. The summed E-state index contributed by atoms with van der Waals surface area (Å²) in [6, 6.07) is 0.0601. The zero-order valence-corrected chi connectivity index (χ0v) is 13.3. The molecule has 1 heterocycles. The summed E-state index contributed by atoms with van der Waals surface area (Å²) in [6.07, 6.45) is 3.31. The average molecular weight is 281 g/mol. The molecule has 1 aliphatic heterocycles. The van der Waals surface area contributed by atoms with Gasteiger partial charge in [0.05, 0.1) is 5.92 Å². The number of amides is 1. The van der Waals surface area contributed by atoms with Crippen molar-refractivity contribution in [1.82, 2.24) is 9.80 Å². The summed E-state index contributed by atoms with van der Waals surface area (Å²) < 4.78 is 0. The lowest BCUT2D eigenvalue weighted by atomic mass is 9.77. The van der Waals surface area contributed by atoms with Crippen molar-refractivity contribution in [2.75, 3.05) is 32.7 Å². The van der Waals surface area contributed by atoms with Gasteiger partial charge < -0.3 is 10.6 Å². The van der Waals surface area contributed by atoms with Gasteiger partial charge in [-0.15, -0.1) is 0 Å². The Bertz CT molecular complexity index is 324. The lowest BCUT2D eigenvalue weighted by molar-refractivity contribution is -0.139. The summed E-state index contributed by atoms with van der Waals surface area (Å²) in [5.41, 5.74) is 6.27. The predicted molar refractivity (Wildman–Crippen MR) is 82.3 cm³/mol. The highest BCUT2D eigenvalue weighted by Crippen LogP contribution is 2.29. The van der Waals surface area contributed by atoms with Crippen LogP contribution in [-0.4, -0.2) is 54.5 Å². The molecule has 116 valence electrons. The van der Waals surface area contributed by atoms with Crippen LogP contribution in [0.3, 0.4) is 0 Å². The second kappa shape index (κ2) is 6.90. The van der Waals surface area contributed by atoms with Gasteiger partial charge in [0, 0.05) is 38.8 Å². The number of rotatable bonds is 3. The first-order valence-corrected chi connectivity index (χ1v) is 8.25. The smallest absolute Gasteiger partial charge is 0.227 e. The van der Waals surface area contributed by atoms with E-state index >= 15 is 0 Å². The van der Waals surface area contributed by atoms with Gasteiger partial charge in [0.2, 0.25) is 5.91 Å². The van der Waals surface area contributed by atoms with Crippen molar-refractivity contribution in [3.05, 3.63) is 0 Å². The van der Waals surface area contributed by atoms with Crippen LogP contribution in [-0.2, 0) is 4.79 Å². The van der Waals surface area contributed by atoms with E-state index in [1.165, 1.54) is 6.42 Å². The molecule has 2 fully saturated rings. The Labute approximate surface area is 123 Å². The van der Waals surface area contributed by atoms with Gasteiger partial charge in [0.1, 0.15) is 0 Å². The number of carbonyl (C=O) groups is 1. The minimum absolute atomic E-state index is 0.0601. The molecule has 2 aliphatic rings. The number of hydrogen-bond donors (Lipinski definition) is 1. The molecule has 0 aromatic rings. The van der Waals surface area contributed by atoms with Gasteiger partial charge in [-0.05, 0) is 24.7 Å². The van der Waals surface area contributed by atoms with Crippen molar-refractivity contribution < 1.29 is 4.79 Å². The Morgan fingerprint density at radius 1 is 1.20 bits per heavy atom. The third-order valence-electron chi connectivity index (χ3n) is 4.92. The Hall–Kier alpha value is -0.610. The van der Waals surface area contributed by atoms with Gasteiger partial charge in [-0.25, -0.2) is 0 Å². The van der Waals surface area contributed by atoms with Crippen molar-refractivity contribution >= 4 is 5.91 Å². The summed E-state index contributed by atoms with van der Waals surface area (Å²) in [5.74, 6) is 1.56. The van der Waals surface area contributed by atoms with E-state index in [2.05, 4.69) is 30.6 Å². The Morgan fingerprint density at radius 2 is 1.85 bits per heavy atom. The third kappa shape index (κ3) is 3.73. The Kier molecular flexibility index (Phi) is 5.44. The standard InChI is InChI=1S/C16H31N3O/c1-12(2)11-18-7-9-19(10-8-18)16(20)14-6-4-5-13(3)15(14)17/h12-15H,4-11,17H2,1-3H3. The van der Waals surface area contributed by atoms with Crippen molar-refractivity contribution in [3.8, 4) is 0 Å². The maximum atomic E-state index is 12.7. The molecular weight excluding hydrogens is 250 g/mol. The number of hydrogen-bond acceptors (Lipinski definition) is 3. The molecule has 20 heavy (non-hydrogen) atoms. The van der Waals surface area contributed by atoms with Crippen LogP contribution in [0.4, 0.5) is 0 Å². The third-order valence-corrected chi connectivity index (χ3v) is 4.92. The van der Waals surface area contributed by atoms with Gasteiger partial charge in [-0.1, -0.05) is 27.2 Å². The van der Waals surface area contributed by atoms with Gasteiger partial charge in [-0.2, -0.15) is 0 Å². The molecule has 0 aromatic carbocycles. The van der Waals surface area contributed by atoms with Gasteiger partial charge in [0.15, 0.2) is 0 Å². The molecule has 0 spiro atoms. The normalized spacial score (nSPS) is 32.6. The van der Waals surface area contributed by atoms with Crippen molar-refractivity contribution in [2.24, 2.45) is 23.5 Å². The summed E-state index contributed by atoms with van der Waals surface area (Å²) in [4.78, 5) is 17.2. The van der Waals surface area contributed by atoms with Gasteiger partial charge in [-0.3, -0.25) is 9.69 Å². The van der Waals surface area contributed by atoms with E-state index in [0.29, 0.717) is 17.7 Å². The summed E-state index contributed by atoms with van der Waals surface area (Å²) in [6.45, 7) is 11.6. The van der Waals surface area contributed by atoms with Crippen molar-refractivity contribution in [3.63, 3.8) is 0 Å². The van der Waals surface area contributed by atoms with E-state index in [9.17, 15) is 4.79 Å². The molecule has 1 aliphatic carbocycles. The molecule has 0 bridgehead atoms. The van der Waals surface area contributed by atoms with Gasteiger partial charge >= 0.3 is 0 Å². The first-order chi connectivity index (χ1) is 9.49. The molecular formula is C16H31N3O. The van der Waals surface area contributed by atoms with E-state index in [-0.39, 0.29) is 12.0 Å². The number of nitrogens with zero attached hydrogens (tertiary/aromatic N) is 2. The number of carbonyl (C=O) groups excluding carboxylic acids is 1. The van der Waals surface area contributed by atoms with E-state index < -0.39 is 0 Å². The van der Waals surface area contributed by atoms with Gasteiger partial charge in [0.25, 0.3) is 0 Å². The van der Waals surface area contributed by atoms with Crippen LogP contribution in [0.1, 0.15) is 40.0 Å². The number of piperazine rings is 1. The zero-order valence-electron chi connectivity index (χ0n) is 13.3. The first-order valence-electron chi connectivity index (χ1n) is 8.25. The molecule has 3 unspecified atom stereocenters. The monoisotopic (exact) mass is 281 g/mol. The van der Waals surface area contributed by atoms with Crippen LogP contribution in [0, 0.1) is 17.8 Å². The molecule has 0 radical (unpaired) electrons. The number of nitrogens with two attached hydrogens (primary N) is 1. The molecule has 2 N–H and O–H groups in total. The Morgan fingerprint density at radius 3 is 2.45 bits per heavy atom. The fourth-order valence-electron chi connectivity index (χ4n) is 3.63. The highest BCUT2D eigenvalue weighted by atomic mass is 16.2. The average Bonchev–Trinajstić information content (AvgIpc) is 2.41. The molecule has 1 saturated heterocycles. The van der Waals surface area contributed by atoms with Crippen molar-refractivity contribution in [2.45, 2.75) is 46.1 Å².